The van der Waals surface area contributed by atoms with Gasteiger partial charge in [-0.15, -0.1) is 0 Å². The average molecular weight is 343 g/mol. The summed E-state index contributed by atoms with van der Waals surface area (Å²) in [6, 6.07) is 7.16. The fraction of sp³-hybridized carbons (Fsp3) is 0.500. The maximum absolute atomic E-state index is 12.4. The second-order valence-corrected chi connectivity index (χ2v) is 5.81. The predicted octanol–water partition coefficient (Wildman–Crippen LogP) is 2.49. The number of nitrogens with zero attached hydrogens (tertiary/aromatic N) is 2. The van der Waals surface area contributed by atoms with E-state index in [9.17, 15) is 22.8 Å². The van der Waals surface area contributed by atoms with E-state index in [-0.39, 0.29) is 13.0 Å². The van der Waals surface area contributed by atoms with Crippen LogP contribution in [-0.2, 0) is 9.59 Å². The molecule has 0 bridgehead atoms. The zero-order chi connectivity index (χ0) is 17.9. The molecular formula is C16H20F3N3O2. The van der Waals surface area contributed by atoms with Gasteiger partial charge in [0.05, 0.1) is 17.3 Å². The molecule has 1 heterocycles. The van der Waals surface area contributed by atoms with E-state index in [0.29, 0.717) is 10.6 Å². The highest BCUT2D eigenvalue weighted by Gasteiger charge is 2.40. The summed E-state index contributed by atoms with van der Waals surface area (Å²) in [6.07, 6.45) is -4.66. The Labute approximate surface area is 138 Å². The van der Waals surface area contributed by atoms with Crippen molar-refractivity contribution in [3.05, 3.63) is 24.3 Å². The maximum atomic E-state index is 12.4. The number of alkyl halides is 3. The number of para-hydroxylation sites is 2. The maximum Gasteiger partial charge on any atom is 0.406 e. The molecule has 0 radical (unpaired) electrons. The lowest BCUT2D eigenvalue weighted by Gasteiger charge is -2.22. The largest absolute Gasteiger partial charge is 0.406 e. The molecule has 0 aliphatic carbocycles. The molecule has 1 N–H and O–H groups in total. The van der Waals surface area contributed by atoms with Gasteiger partial charge in [0.25, 0.3) is 0 Å². The second kappa shape index (κ2) is 7.11. The van der Waals surface area contributed by atoms with Crippen molar-refractivity contribution in [3.63, 3.8) is 0 Å². The van der Waals surface area contributed by atoms with Gasteiger partial charge >= 0.3 is 6.18 Å². The van der Waals surface area contributed by atoms with Gasteiger partial charge < -0.3 is 15.1 Å². The number of rotatable bonds is 5. The molecule has 0 aromatic heterocycles. The minimum Gasteiger partial charge on any atom is -0.373 e. The summed E-state index contributed by atoms with van der Waals surface area (Å²) >= 11 is 0. The van der Waals surface area contributed by atoms with Gasteiger partial charge in [-0.05, 0) is 19.1 Å². The number of likely N-dealkylation sites (tertiary alicyclic amines) is 1. The summed E-state index contributed by atoms with van der Waals surface area (Å²) in [7, 11) is 1.87. The highest BCUT2D eigenvalue weighted by atomic mass is 19.4. The third-order valence-electron chi connectivity index (χ3n) is 4.00. The van der Waals surface area contributed by atoms with E-state index in [1.807, 2.05) is 31.0 Å². The minimum atomic E-state index is -4.46. The van der Waals surface area contributed by atoms with Crippen LogP contribution < -0.4 is 10.2 Å². The molecule has 2 amide bonds. The van der Waals surface area contributed by atoms with Crippen molar-refractivity contribution >= 4 is 23.2 Å². The Morgan fingerprint density at radius 1 is 1.38 bits per heavy atom. The molecule has 0 unspecified atom stereocenters. The fourth-order valence-electron chi connectivity index (χ4n) is 2.63. The van der Waals surface area contributed by atoms with Crippen molar-refractivity contribution in [1.29, 1.82) is 0 Å². The average Bonchev–Trinajstić information content (AvgIpc) is 2.86. The van der Waals surface area contributed by atoms with Gasteiger partial charge in [0.15, 0.2) is 0 Å². The van der Waals surface area contributed by atoms with E-state index in [1.165, 1.54) is 0 Å². The Kier molecular flexibility index (Phi) is 5.36. The molecule has 1 fully saturated rings. The molecule has 5 nitrogen and oxygen atoms in total. The zero-order valence-corrected chi connectivity index (χ0v) is 13.6. The summed E-state index contributed by atoms with van der Waals surface area (Å²) in [6.45, 7) is 1.16. The molecule has 8 heteroatoms. The lowest BCUT2D eigenvalue weighted by atomic mass is 10.1. The van der Waals surface area contributed by atoms with Crippen LogP contribution in [0, 0.1) is 5.92 Å². The van der Waals surface area contributed by atoms with Crippen LogP contribution in [0.4, 0.5) is 24.5 Å². The smallest absolute Gasteiger partial charge is 0.373 e. The summed E-state index contributed by atoms with van der Waals surface area (Å²) in [4.78, 5) is 26.6. The highest BCUT2D eigenvalue weighted by molar-refractivity contribution is 5.99. The molecule has 24 heavy (non-hydrogen) atoms. The Morgan fingerprint density at radius 3 is 2.67 bits per heavy atom. The van der Waals surface area contributed by atoms with Gasteiger partial charge in [0, 0.05) is 26.6 Å². The van der Waals surface area contributed by atoms with Crippen molar-refractivity contribution in [2.45, 2.75) is 19.5 Å². The molecular weight excluding hydrogens is 323 g/mol. The van der Waals surface area contributed by atoms with Gasteiger partial charge in [-0.3, -0.25) is 9.59 Å². The third kappa shape index (κ3) is 4.39. The Bertz CT molecular complexity index is 619. The van der Waals surface area contributed by atoms with E-state index in [0.717, 1.165) is 12.2 Å². The number of halogens is 3. The number of anilines is 2. The summed E-state index contributed by atoms with van der Waals surface area (Å²) in [5, 5.41) is 2.73. The number of benzene rings is 1. The minimum absolute atomic E-state index is 0.201. The second-order valence-electron chi connectivity index (χ2n) is 5.81. The van der Waals surface area contributed by atoms with Crippen LogP contribution in [0.1, 0.15) is 13.3 Å². The molecule has 1 aromatic rings. The topological polar surface area (TPSA) is 52.7 Å². The Hall–Kier alpha value is -2.25. The predicted molar refractivity (Wildman–Crippen MR) is 84.8 cm³/mol. The molecule has 1 aliphatic heterocycles. The quantitative estimate of drug-likeness (QED) is 0.894. The molecule has 132 valence electrons. The van der Waals surface area contributed by atoms with Crippen LogP contribution in [0.2, 0.25) is 0 Å². The normalized spacial score (nSPS) is 18.0. The summed E-state index contributed by atoms with van der Waals surface area (Å²) < 4.78 is 37.3. The molecule has 0 saturated carbocycles. The van der Waals surface area contributed by atoms with Crippen molar-refractivity contribution in [3.8, 4) is 0 Å². The van der Waals surface area contributed by atoms with Gasteiger partial charge in [0.2, 0.25) is 11.8 Å². The number of carbonyl (C=O) groups is 2. The third-order valence-corrected chi connectivity index (χ3v) is 4.00. The number of hydrogen-bond acceptors (Lipinski definition) is 3. The standard InChI is InChI=1S/C16H20F3N3O2/c1-3-21(2)13-7-5-4-6-12(13)20-15(24)11-8-14(23)22(9-11)10-16(17,18)19/h4-7,11H,3,8-10H2,1-2H3,(H,20,24)/t11-/m0/s1. The Balaban J connectivity index is 2.05. The van der Waals surface area contributed by atoms with E-state index in [4.69, 9.17) is 0 Å². The van der Waals surface area contributed by atoms with Crippen LogP contribution in [0.5, 0.6) is 0 Å². The SMILES string of the molecule is CCN(C)c1ccccc1NC(=O)[C@H]1CC(=O)N(CC(F)(F)F)C1. The van der Waals surface area contributed by atoms with E-state index >= 15 is 0 Å². The Morgan fingerprint density at radius 2 is 2.04 bits per heavy atom. The van der Waals surface area contributed by atoms with Crippen LogP contribution in [0.15, 0.2) is 24.3 Å². The number of carbonyl (C=O) groups excluding carboxylic acids is 2. The molecule has 1 atom stereocenters. The molecule has 2 rings (SSSR count). The van der Waals surface area contributed by atoms with Crippen LogP contribution in [-0.4, -0.2) is 49.6 Å². The number of amides is 2. The molecule has 1 saturated heterocycles. The van der Waals surface area contributed by atoms with Gasteiger partial charge in [-0.2, -0.15) is 13.2 Å². The van der Waals surface area contributed by atoms with Crippen molar-refractivity contribution < 1.29 is 22.8 Å². The first-order chi connectivity index (χ1) is 11.2. The zero-order valence-electron chi connectivity index (χ0n) is 13.6. The molecule has 1 aromatic carbocycles. The first kappa shape index (κ1) is 18.1. The monoisotopic (exact) mass is 343 g/mol. The van der Waals surface area contributed by atoms with Crippen LogP contribution in [0.3, 0.4) is 0 Å². The van der Waals surface area contributed by atoms with Crippen molar-refractivity contribution in [2.75, 3.05) is 36.9 Å². The van der Waals surface area contributed by atoms with E-state index in [2.05, 4.69) is 5.32 Å². The summed E-state index contributed by atoms with van der Waals surface area (Å²) in [5.74, 6) is -1.86. The van der Waals surface area contributed by atoms with E-state index < -0.39 is 30.5 Å². The fourth-order valence-corrected chi connectivity index (χ4v) is 2.63. The number of hydrogen-bond donors (Lipinski definition) is 1. The first-order valence-electron chi connectivity index (χ1n) is 7.67. The number of nitrogens with one attached hydrogen (secondary N) is 1. The lowest BCUT2D eigenvalue weighted by molar-refractivity contribution is -0.157. The summed E-state index contributed by atoms with van der Waals surface area (Å²) in [5.41, 5.74) is 1.39. The first-order valence-corrected chi connectivity index (χ1v) is 7.67. The van der Waals surface area contributed by atoms with Crippen molar-refractivity contribution in [1.82, 2.24) is 4.90 Å². The van der Waals surface area contributed by atoms with Crippen LogP contribution >= 0.6 is 0 Å². The molecule has 0 spiro atoms. The van der Waals surface area contributed by atoms with E-state index in [1.54, 1.807) is 12.1 Å². The van der Waals surface area contributed by atoms with Crippen LogP contribution in [0.25, 0.3) is 0 Å². The van der Waals surface area contributed by atoms with Gasteiger partial charge in [-0.1, -0.05) is 12.1 Å². The highest BCUT2D eigenvalue weighted by Crippen LogP contribution is 2.28. The van der Waals surface area contributed by atoms with Gasteiger partial charge in [0.1, 0.15) is 6.54 Å². The van der Waals surface area contributed by atoms with Gasteiger partial charge in [-0.25, -0.2) is 0 Å². The molecule has 1 aliphatic rings. The lowest BCUT2D eigenvalue weighted by Crippen LogP contribution is -2.36. The van der Waals surface area contributed by atoms with Crippen molar-refractivity contribution in [2.24, 2.45) is 5.92 Å².